The van der Waals surface area contributed by atoms with E-state index in [1.54, 1.807) is 55.8 Å². The summed E-state index contributed by atoms with van der Waals surface area (Å²) in [4.78, 5) is 11.3. The first-order valence-electron chi connectivity index (χ1n) is 8.16. The Bertz CT molecular complexity index is 1040. The molecular formula is C19H20N2O4S. The molecule has 0 spiro atoms. The van der Waals surface area contributed by atoms with Crippen molar-refractivity contribution in [2.45, 2.75) is 18.2 Å². The highest BCUT2D eigenvalue weighted by Gasteiger charge is 2.21. The van der Waals surface area contributed by atoms with Crippen LogP contribution in [0.5, 0.6) is 5.75 Å². The number of methoxy groups -OCH3 is 1. The molecule has 0 bridgehead atoms. The van der Waals surface area contributed by atoms with E-state index in [1.807, 2.05) is 6.07 Å². The second-order valence-electron chi connectivity index (χ2n) is 5.88. The number of ether oxygens (including phenoxy) is 1. The van der Waals surface area contributed by atoms with Crippen LogP contribution in [-0.4, -0.2) is 32.0 Å². The molecule has 0 radical (unpaired) electrons. The molecule has 0 aliphatic rings. The summed E-state index contributed by atoms with van der Waals surface area (Å²) in [6.45, 7) is 1.88. The summed E-state index contributed by atoms with van der Waals surface area (Å²) in [7, 11) is -2.15. The smallest absolute Gasteiger partial charge is 0.268 e. The van der Waals surface area contributed by atoms with E-state index in [2.05, 4.69) is 5.32 Å². The van der Waals surface area contributed by atoms with Crippen LogP contribution in [0.3, 0.4) is 0 Å². The Morgan fingerprint density at radius 2 is 1.88 bits per heavy atom. The number of benzene rings is 2. The third-order valence-electron chi connectivity index (χ3n) is 4.13. The van der Waals surface area contributed by atoms with Crippen molar-refractivity contribution < 1.29 is 17.9 Å². The van der Waals surface area contributed by atoms with E-state index in [4.69, 9.17) is 4.74 Å². The Kier molecular flexibility index (Phi) is 4.99. The molecule has 26 heavy (non-hydrogen) atoms. The fourth-order valence-electron chi connectivity index (χ4n) is 2.85. The van der Waals surface area contributed by atoms with Gasteiger partial charge in [-0.1, -0.05) is 18.2 Å². The zero-order valence-electron chi connectivity index (χ0n) is 14.6. The van der Waals surface area contributed by atoms with Gasteiger partial charge in [-0.05, 0) is 42.3 Å². The molecular weight excluding hydrogens is 352 g/mol. The highest BCUT2D eigenvalue weighted by atomic mass is 32.2. The van der Waals surface area contributed by atoms with E-state index < -0.39 is 10.0 Å². The lowest BCUT2D eigenvalue weighted by Gasteiger charge is -2.07. The molecule has 1 aromatic heterocycles. The van der Waals surface area contributed by atoms with Crippen LogP contribution in [0.4, 0.5) is 0 Å². The second-order valence-corrected chi connectivity index (χ2v) is 7.70. The van der Waals surface area contributed by atoms with E-state index >= 15 is 0 Å². The van der Waals surface area contributed by atoms with Gasteiger partial charge in [-0.3, -0.25) is 4.79 Å². The Morgan fingerprint density at radius 1 is 1.15 bits per heavy atom. The largest absolute Gasteiger partial charge is 0.497 e. The van der Waals surface area contributed by atoms with E-state index in [0.29, 0.717) is 24.2 Å². The lowest BCUT2D eigenvalue weighted by Crippen LogP contribution is -2.22. The van der Waals surface area contributed by atoms with Crippen molar-refractivity contribution in [2.24, 2.45) is 0 Å². The standard InChI is InChI=1S/C19H20N2O4S/c1-14(22)20-11-10-15-13-21(19-9-8-16(25-2)12-18(15)19)26(23,24)17-6-4-3-5-7-17/h3-9,12-13H,10-11H2,1-2H3,(H,20,22). The summed E-state index contributed by atoms with van der Waals surface area (Å²) >= 11 is 0. The summed E-state index contributed by atoms with van der Waals surface area (Å²) in [5.41, 5.74) is 1.40. The first kappa shape index (κ1) is 18.0. The van der Waals surface area contributed by atoms with Crippen LogP contribution in [0.15, 0.2) is 59.6 Å². The predicted molar refractivity (Wildman–Crippen MR) is 99.9 cm³/mol. The lowest BCUT2D eigenvalue weighted by molar-refractivity contribution is -0.118. The molecule has 0 aliphatic heterocycles. The Morgan fingerprint density at radius 3 is 2.54 bits per heavy atom. The molecule has 3 aromatic rings. The number of aromatic nitrogens is 1. The zero-order valence-corrected chi connectivity index (χ0v) is 15.4. The summed E-state index contributed by atoms with van der Waals surface area (Å²) < 4.78 is 32.7. The summed E-state index contributed by atoms with van der Waals surface area (Å²) in [5, 5.41) is 3.52. The minimum Gasteiger partial charge on any atom is -0.497 e. The van der Waals surface area contributed by atoms with Gasteiger partial charge in [0.25, 0.3) is 10.0 Å². The van der Waals surface area contributed by atoms with Gasteiger partial charge >= 0.3 is 0 Å². The van der Waals surface area contributed by atoms with Crippen molar-refractivity contribution in [3.8, 4) is 5.75 Å². The number of carbonyl (C=O) groups excluding carboxylic acids is 1. The third kappa shape index (κ3) is 3.43. The molecule has 136 valence electrons. The second kappa shape index (κ2) is 7.21. The molecule has 0 fully saturated rings. The van der Waals surface area contributed by atoms with Crippen molar-refractivity contribution in [2.75, 3.05) is 13.7 Å². The topological polar surface area (TPSA) is 77.4 Å². The normalized spacial score (nSPS) is 11.5. The summed E-state index contributed by atoms with van der Waals surface area (Å²) in [6, 6.07) is 13.6. The lowest BCUT2D eigenvalue weighted by atomic mass is 10.1. The van der Waals surface area contributed by atoms with Crippen molar-refractivity contribution in [3.63, 3.8) is 0 Å². The number of nitrogens with zero attached hydrogens (tertiary/aromatic N) is 1. The molecule has 1 amide bonds. The van der Waals surface area contributed by atoms with Gasteiger partial charge in [0.2, 0.25) is 5.91 Å². The average Bonchev–Trinajstić information content (AvgIpc) is 3.01. The molecule has 0 aliphatic carbocycles. The van der Waals surface area contributed by atoms with Crippen molar-refractivity contribution >= 4 is 26.8 Å². The number of carbonyl (C=O) groups is 1. The Hall–Kier alpha value is -2.80. The Balaban J connectivity index is 2.12. The number of hydrogen-bond acceptors (Lipinski definition) is 4. The minimum absolute atomic E-state index is 0.122. The van der Waals surface area contributed by atoms with Gasteiger partial charge in [0.05, 0.1) is 17.5 Å². The van der Waals surface area contributed by atoms with Crippen LogP contribution in [0.25, 0.3) is 10.9 Å². The first-order valence-corrected chi connectivity index (χ1v) is 9.60. The molecule has 0 unspecified atom stereocenters. The zero-order chi connectivity index (χ0) is 18.7. The van der Waals surface area contributed by atoms with Crippen LogP contribution in [0.2, 0.25) is 0 Å². The number of nitrogens with one attached hydrogen (secondary N) is 1. The molecule has 1 heterocycles. The van der Waals surface area contributed by atoms with Crippen LogP contribution >= 0.6 is 0 Å². The van der Waals surface area contributed by atoms with E-state index in [1.165, 1.54) is 10.9 Å². The van der Waals surface area contributed by atoms with Gasteiger partial charge in [0.1, 0.15) is 5.75 Å². The Labute approximate surface area is 152 Å². The maximum Gasteiger partial charge on any atom is 0.268 e. The van der Waals surface area contributed by atoms with Gasteiger partial charge in [-0.15, -0.1) is 0 Å². The molecule has 7 heteroatoms. The van der Waals surface area contributed by atoms with Crippen molar-refractivity contribution in [1.29, 1.82) is 0 Å². The van der Waals surface area contributed by atoms with Gasteiger partial charge in [0.15, 0.2) is 0 Å². The van der Waals surface area contributed by atoms with Crippen LogP contribution in [0, 0.1) is 0 Å². The molecule has 0 atom stereocenters. The third-order valence-corrected chi connectivity index (χ3v) is 5.82. The monoisotopic (exact) mass is 372 g/mol. The molecule has 6 nitrogen and oxygen atoms in total. The van der Waals surface area contributed by atoms with Crippen molar-refractivity contribution in [3.05, 3.63) is 60.3 Å². The summed E-state index contributed by atoms with van der Waals surface area (Å²) in [6.07, 6.45) is 2.13. The van der Waals surface area contributed by atoms with Gasteiger partial charge in [-0.2, -0.15) is 0 Å². The van der Waals surface area contributed by atoms with Crippen molar-refractivity contribution in [1.82, 2.24) is 9.29 Å². The maximum absolute atomic E-state index is 13.1. The molecule has 0 saturated heterocycles. The summed E-state index contributed by atoms with van der Waals surface area (Å²) in [5.74, 6) is 0.524. The van der Waals surface area contributed by atoms with Gasteiger partial charge in [0, 0.05) is 25.1 Å². The SMILES string of the molecule is COc1ccc2c(c1)c(CCNC(C)=O)cn2S(=O)(=O)c1ccccc1. The fraction of sp³-hybridized carbons (Fsp3) is 0.211. The average molecular weight is 372 g/mol. The molecule has 1 N–H and O–H groups in total. The van der Waals surface area contributed by atoms with Crippen LogP contribution in [0.1, 0.15) is 12.5 Å². The molecule has 3 rings (SSSR count). The highest BCUT2D eigenvalue weighted by Crippen LogP contribution is 2.29. The first-order chi connectivity index (χ1) is 12.4. The molecule has 0 saturated carbocycles. The number of hydrogen-bond donors (Lipinski definition) is 1. The quantitative estimate of drug-likeness (QED) is 0.721. The fourth-order valence-corrected chi connectivity index (χ4v) is 4.26. The van der Waals surface area contributed by atoms with E-state index in [-0.39, 0.29) is 10.8 Å². The van der Waals surface area contributed by atoms with Crippen LogP contribution < -0.4 is 10.1 Å². The van der Waals surface area contributed by atoms with Crippen LogP contribution in [-0.2, 0) is 21.2 Å². The minimum atomic E-state index is -3.72. The molecule has 2 aromatic carbocycles. The van der Waals surface area contributed by atoms with E-state index in [0.717, 1.165) is 10.9 Å². The highest BCUT2D eigenvalue weighted by molar-refractivity contribution is 7.90. The van der Waals surface area contributed by atoms with Gasteiger partial charge < -0.3 is 10.1 Å². The number of fused-ring (bicyclic) bond motifs is 1. The maximum atomic E-state index is 13.1. The number of amides is 1. The number of rotatable bonds is 6. The van der Waals surface area contributed by atoms with Gasteiger partial charge in [-0.25, -0.2) is 12.4 Å². The van der Waals surface area contributed by atoms with E-state index in [9.17, 15) is 13.2 Å². The predicted octanol–water partition coefficient (Wildman–Crippen LogP) is 2.57.